The molecule has 0 unspecified atom stereocenters. The molecular weight excluding hydrogens is 236 g/mol. The predicted octanol–water partition coefficient (Wildman–Crippen LogP) is 4.08. The molecule has 0 heterocycles. The average Bonchev–Trinajstić information content (AvgIpc) is 2.40. The highest BCUT2D eigenvalue weighted by Gasteiger charge is 2.05. The lowest BCUT2D eigenvalue weighted by Crippen LogP contribution is -2.09. The Balaban J connectivity index is 2.48. The van der Waals surface area contributed by atoms with E-state index in [1.807, 2.05) is 6.07 Å². The van der Waals surface area contributed by atoms with Crippen LogP contribution in [0.3, 0.4) is 0 Å². The van der Waals surface area contributed by atoms with Gasteiger partial charge in [-0.15, -0.1) is 0 Å². The summed E-state index contributed by atoms with van der Waals surface area (Å²) < 4.78 is 5.15. The van der Waals surface area contributed by atoms with Crippen LogP contribution in [0.1, 0.15) is 44.2 Å². The average molecular weight is 260 g/mol. The fourth-order valence-corrected chi connectivity index (χ4v) is 1.99. The van der Waals surface area contributed by atoms with Gasteiger partial charge in [-0.2, -0.15) is 0 Å². The van der Waals surface area contributed by atoms with Crippen molar-refractivity contribution >= 4 is 5.97 Å². The first kappa shape index (κ1) is 15.5. The molecular formula is C17H24O2. The van der Waals surface area contributed by atoms with Gasteiger partial charge in [0.25, 0.3) is 0 Å². The van der Waals surface area contributed by atoms with E-state index < -0.39 is 0 Å². The van der Waals surface area contributed by atoms with E-state index in [2.05, 4.69) is 31.7 Å². The van der Waals surface area contributed by atoms with Crippen molar-refractivity contribution in [1.29, 1.82) is 0 Å². The molecule has 1 rings (SSSR count). The highest BCUT2D eigenvalue weighted by Crippen LogP contribution is 2.13. The maximum Gasteiger partial charge on any atom is 0.333 e. The summed E-state index contributed by atoms with van der Waals surface area (Å²) in [5.41, 5.74) is 3.12. The summed E-state index contributed by atoms with van der Waals surface area (Å²) in [6.07, 6.45) is 5.61. The van der Waals surface area contributed by atoms with E-state index in [0.717, 1.165) is 12.8 Å². The van der Waals surface area contributed by atoms with Crippen molar-refractivity contribution in [3.8, 4) is 0 Å². The number of hydrogen-bond donors (Lipinski definition) is 0. The number of rotatable bonds is 8. The SMILES string of the molecule is C=C(C)C(=O)OCCc1ccccc1CCCCC. The Kier molecular flexibility index (Phi) is 6.94. The van der Waals surface area contributed by atoms with Gasteiger partial charge >= 0.3 is 5.97 Å². The number of unbranched alkanes of at least 4 members (excludes halogenated alkanes) is 2. The van der Waals surface area contributed by atoms with E-state index >= 15 is 0 Å². The number of carbonyl (C=O) groups is 1. The van der Waals surface area contributed by atoms with Gasteiger partial charge < -0.3 is 4.74 Å². The summed E-state index contributed by atoms with van der Waals surface area (Å²) in [6.45, 7) is 7.88. The molecule has 0 aliphatic heterocycles. The van der Waals surface area contributed by atoms with Crippen LogP contribution in [-0.2, 0) is 22.4 Å². The fourth-order valence-electron chi connectivity index (χ4n) is 1.99. The second-order valence-corrected chi connectivity index (χ2v) is 4.89. The number of benzene rings is 1. The quantitative estimate of drug-likeness (QED) is 0.400. The van der Waals surface area contributed by atoms with E-state index in [1.54, 1.807) is 6.92 Å². The lowest BCUT2D eigenvalue weighted by Gasteiger charge is -2.10. The maximum absolute atomic E-state index is 11.3. The summed E-state index contributed by atoms with van der Waals surface area (Å²) in [7, 11) is 0. The van der Waals surface area contributed by atoms with Crippen molar-refractivity contribution < 1.29 is 9.53 Å². The molecule has 0 atom stereocenters. The molecule has 1 aromatic carbocycles. The molecule has 0 aromatic heterocycles. The van der Waals surface area contributed by atoms with Crippen LogP contribution in [0.15, 0.2) is 36.4 Å². The zero-order valence-electron chi connectivity index (χ0n) is 12.1. The number of hydrogen-bond acceptors (Lipinski definition) is 2. The van der Waals surface area contributed by atoms with Crippen LogP contribution in [0.25, 0.3) is 0 Å². The minimum absolute atomic E-state index is 0.302. The van der Waals surface area contributed by atoms with Crippen molar-refractivity contribution in [2.24, 2.45) is 0 Å². The molecule has 104 valence electrons. The third-order valence-corrected chi connectivity index (χ3v) is 3.12. The predicted molar refractivity (Wildman–Crippen MR) is 79.1 cm³/mol. The van der Waals surface area contributed by atoms with Gasteiger partial charge in [0, 0.05) is 12.0 Å². The Morgan fingerprint density at radius 2 is 1.79 bits per heavy atom. The molecule has 0 aliphatic rings. The molecule has 0 radical (unpaired) electrons. The number of carbonyl (C=O) groups excluding carboxylic acids is 1. The molecule has 0 amide bonds. The van der Waals surface area contributed by atoms with Crippen LogP contribution < -0.4 is 0 Å². The van der Waals surface area contributed by atoms with E-state index in [9.17, 15) is 4.79 Å². The first-order valence-electron chi connectivity index (χ1n) is 7.04. The van der Waals surface area contributed by atoms with Crippen molar-refractivity contribution in [3.63, 3.8) is 0 Å². The van der Waals surface area contributed by atoms with E-state index in [-0.39, 0.29) is 5.97 Å². The van der Waals surface area contributed by atoms with Crippen molar-refractivity contribution in [2.75, 3.05) is 6.61 Å². The third kappa shape index (κ3) is 5.73. The summed E-state index contributed by atoms with van der Waals surface area (Å²) in [5.74, 6) is -0.302. The monoisotopic (exact) mass is 260 g/mol. The summed E-state index contributed by atoms with van der Waals surface area (Å²) in [4.78, 5) is 11.3. The molecule has 2 heteroatoms. The second-order valence-electron chi connectivity index (χ2n) is 4.89. The molecule has 2 nitrogen and oxygen atoms in total. The summed E-state index contributed by atoms with van der Waals surface area (Å²) >= 11 is 0. The van der Waals surface area contributed by atoms with Crippen LogP contribution in [0.4, 0.5) is 0 Å². The van der Waals surface area contributed by atoms with Crippen LogP contribution in [-0.4, -0.2) is 12.6 Å². The van der Waals surface area contributed by atoms with Crippen LogP contribution in [0, 0.1) is 0 Å². The first-order chi connectivity index (χ1) is 9.15. The van der Waals surface area contributed by atoms with Gasteiger partial charge in [-0.1, -0.05) is 50.6 Å². The number of ether oxygens (including phenoxy) is 1. The fraction of sp³-hybridized carbons (Fsp3) is 0.471. The van der Waals surface area contributed by atoms with Gasteiger partial charge in [0.2, 0.25) is 0 Å². The van der Waals surface area contributed by atoms with Crippen LogP contribution in [0.5, 0.6) is 0 Å². The van der Waals surface area contributed by atoms with Crippen LogP contribution >= 0.6 is 0 Å². The van der Waals surface area contributed by atoms with Gasteiger partial charge in [0.15, 0.2) is 0 Å². The maximum atomic E-state index is 11.3. The minimum Gasteiger partial charge on any atom is -0.462 e. The van der Waals surface area contributed by atoms with Crippen molar-refractivity contribution in [1.82, 2.24) is 0 Å². The lowest BCUT2D eigenvalue weighted by atomic mass is 9.99. The van der Waals surface area contributed by atoms with Gasteiger partial charge in [0.05, 0.1) is 6.61 Å². The standard InChI is InChI=1S/C17H24O2/c1-4-5-6-9-15-10-7-8-11-16(15)12-13-19-17(18)14(2)3/h7-8,10-11H,2,4-6,9,12-13H2,1,3H3. The van der Waals surface area contributed by atoms with Crippen LogP contribution in [0.2, 0.25) is 0 Å². The van der Waals surface area contributed by atoms with Gasteiger partial charge in [0.1, 0.15) is 0 Å². The van der Waals surface area contributed by atoms with E-state index in [1.165, 1.54) is 30.4 Å². The number of esters is 1. The zero-order chi connectivity index (χ0) is 14.1. The highest BCUT2D eigenvalue weighted by molar-refractivity contribution is 5.86. The molecule has 1 aromatic rings. The molecule has 0 aliphatic carbocycles. The normalized spacial score (nSPS) is 10.2. The molecule has 0 saturated heterocycles. The van der Waals surface area contributed by atoms with Gasteiger partial charge in [-0.25, -0.2) is 4.79 Å². The Labute approximate surface area is 116 Å². The Bertz CT molecular complexity index is 421. The molecule has 0 saturated carbocycles. The smallest absolute Gasteiger partial charge is 0.333 e. The largest absolute Gasteiger partial charge is 0.462 e. The first-order valence-corrected chi connectivity index (χ1v) is 7.04. The zero-order valence-corrected chi connectivity index (χ0v) is 12.1. The van der Waals surface area contributed by atoms with E-state index in [4.69, 9.17) is 4.74 Å². The third-order valence-electron chi connectivity index (χ3n) is 3.12. The van der Waals surface area contributed by atoms with Crippen molar-refractivity contribution in [3.05, 3.63) is 47.5 Å². The van der Waals surface area contributed by atoms with Gasteiger partial charge in [-0.3, -0.25) is 0 Å². The minimum atomic E-state index is -0.302. The highest BCUT2D eigenvalue weighted by atomic mass is 16.5. The summed E-state index contributed by atoms with van der Waals surface area (Å²) in [6, 6.07) is 8.41. The lowest BCUT2D eigenvalue weighted by molar-refractivity contribution is -0.138. The van der Waals surface area contributed by atoms with Gasteiger partial charge in [-0.05, 0) is 30.9 Å². The molecule has 0 spiro atoms. The molecule has 0 N–H and O–H groups in total. The second kappa shape index (κ2) is 8.52. The number of aryl methyl sites for hydroxylation is 1. The topological polar surface area (TPSA) is 26.3 Å². The Hall–Kier alpha value is -1.57. The Morgan fingerprint density at radius 3 is 2.37 bits per heavy atom. The summed E-state index contributed by atoms with van der Waals surface area (Å²) in [5, 5.41) is 0. The Morgan fingerprint density at radius 1 is 1.16 bits per heavy atom. The van der Waals surface area contributed by atoms with Crippen molar-refractivity contribution in [2.45, 2.75) is 46.0 Å². The molecule has 19 heavy (non-hydrogen) atoms. The van der Waals surface area contributed by atoms with E-state index in [0.29, 0.717) is 12.2 Å². The molecule has 0 bridgehead atoms. The molecule has 0 fully saturated rings.